The third kappa shape index (κ3) is 4.57. The number of nitro benzene ring substituents is 1. The number of aryl methyl sites for hydroxylation is 2. The topological polar surface area (TPSA) is 133 Å². The zero-order valence-corrected chi connectivity index (χ0v) is 17.6. The van der Waals surface area contributed by atoms with Crippen molar-refractivity contribution in [1.82, 2.24) is 0 Å². The third-order valence-corrected chi connectivity index (χ3v) is 6.12. The number of nitrogens with zero attached hydrogens (tertiary/aromatic N) is 2. The van der Waals surface area contributed by atoms with Crippen LogP contribution in [-0.4, -0.2) is 46.0 Å². The van der Waals surface area contributed by atoms with Gasteiger partial charge in [-0.3, -0.25) is 19.2 Å². The van der Waals surface area contributed by atoms with Crippen molar-refractivity contribution < 1.29 is 32.4 Å². The maximum atomic E-state index is 13.4. The summed E-state index contributed by atoms with van der Waals surface area (Å²) in [6.45, 7) is 2.37. The molecule has 0 aliphatic heterocycles. The smallest absolute Gasteiger partial charge is 0.337 e. The van der Waals surface area contributed by atoms with Crippen molar-refractivity contribution in [3.63, 3.8) is 0 Å². The Hall–Kier alpha value is -3.47. The van der Waals surface area contributed by atoms with Crippen molar-refractivity contribution in [1.29, 1.82) is 0 Å². The van der Waals surface area contributed by atoms with Gasteiger partial charge in [-0.05, 0) is 37.6 Å². The number of sulfonamides is 1. The van der Waals surface area contributed by atoms with Crippen LogP contribution in [0.3, 0.4) is 0 Å². The fourth-order valence-electron chi connectivity index (χ4n) is 2.68. The molecule has 2 aromatic rings. The number of methoxy groups -OCH3 is 2. The Labute approximate surface area is 173 Å². The first-order valence-electron chi connectivity index (χ1n) is 8.56. The second-order valence-corrected chi connectivity index (χ2v) is 8.15. The standard InChI is InChI=1S/C19H20N2O8S/c1-12-5-7-14(19(23)29-4)9-16(12)20(11-18(22)28-3)30(26,27)15-8-6-13(2)17(10-15)21(24)25/h5-10H,11H2,1-4H3. The van der Waals surface area contributed by atoms with Crippen molar-refractivity contribution in [3.8, 4) is 0 Å². The van der Waals surface area contributed by atoms with E-state index in [0.717, 1.165) is 17.5 Å². The fraction of sp³-hybridized carbons (Fsp3) is 0.263. The van der Waals surface area contributed by atoms with E-state index in [1.54, 1.807) is 6.92 Å². The van der Waals surface area contributed by atoms with E-state index in [4.69, 9.17) is 0 Å². The maximum Gasteiger partial charge on any atom is 0.337 e. The van der Waals surface area contributed by atoms with Crippen LogP contribution in [0.25, 0.3) is 0 Å². The van der Waals surface area contributed by atoms with Crippen molar-refractivity contribution in [2.75, 3.05) is 25.1 Å². The summed E-state index contributed by atoms with van der Waals surface area (Å²) in [6.07, 6.45) is 0. The summed E-state index contributed by atoms with van der Waals surface area (Å²) in [4.78, 5) is 34.0. The molecule has 0 saturated heterocycles. The molecule has 0 spiro atoms. The lowest BCUT2D eigenvalue weighted by Gasteiger charge is -2.25. The molecule has 2 aromatic carbocycles. The first kappa shape index (κ1) is 22.8. The SMILES string of the molecule is COC(=O)CN(c1cc(C(=O)OC)ccc1C)S(=O)(=O)c1ccc(C)c([N+](=O)[O-])c1. The van der Waals surface area contributed by atoms with Gasteiger partial charge in [0.25, 0.3) is 15.7 Å². The summed E-state index contributed by atoms with van der Waals surface area (Å²) < 4.78 is 36.7. The summed E-state index contributed by atoms with van der Waals surface area (Å²) in [5, 5.41) is 11.2. The van der Waals surface area contributed by atoms with Crippen LogP contribution in [0.4, 0.5) is 11.4 Å². The number of benzene rings is 2. The molecule has 0 fully saturated rings. The van der Waals surface area contributed by atoms with Crippen LogP contribution in [0, 0.1) is 24.0 Å². The summed E-state index contributed by atoms with van der Waals surface area (Å²) in [5.74, 6) is -1.55. The molecule has 0 unspecified atom stereocenters. The molecule has 10 nitrogen and oxygen atoms in total. The minimum absolute atomic E-state index is 0.0338. The quantitative estimate of drug-likeness (QED) is 0.367. The minimum atomic E-state index is -4.43. The number of ether oxygens (including phenoxy) is 2. The van der Waals surface area contributed by atoms with Gasteiger partial charge < -0.3 is 9.47 Å². The van der Waals surface area contributed by atoms with Crippen LogP contribution in [0.2, 0.25) is 0 Å². The number of carbonyl (C=O) groups excluding carboxylic acids is 2. The van der Waals surface area contributed by atoms with Crippen LogP contribution < -0.4 is 4.31 Å². The Bertz CT molecular complexity index is 1110. The highest BCUT2D eigenvalue weighted by Gasteiger charge is 2.31. The number of nitro groups is 1. The van der Waals surface area contributed by atoms with Gasteiger partial charge >= 0.3 is 11.9 Å². The summed E-state index contributed by atoms with van der Waals surface area (Å²) >= 11 is 0. The van der Waals surface area contributed by atoms with E-state index in [1.807, 2.05) is 0 Å². The predicted octanol–water partition coefficient (Wildman–Crippen LogP) is 2.37. The average molecular weight is 436 g/mol. The van der Waals surface area contributed by atoms with Crippen LogP contribution >= 0.6 is 0 Å². The van der Waals surface area contributed by atoms with Gasteiger partial charge in [0.1, 0.15) is 6.54 Å². The Morgan fingerprint density at radius 3 is 2.23 bits per heavy atom. The van der Waals surface area contributed by atoms with E-state index in [9.17, 15) is 28.1 Å². The van der Waals surface area contributed by atoms with E-state index < -0.39 is 33.4 Å². The molecule has 0 atom stereocenters. The molecule has 0 aromatic heterocycles. The minimum Gasteiger partial charge on any atom is -0.468 e. The van der Waals surface area contributed by atoms with Gasteiger partial charge in [0.2, 0.25) is 0 Å². The third-order valence-electron chi connectivity index (χ3n) is 4.36. The monoisotopic (exact) mass is 436 g/mol. The number of carbonyl (C=O) groups is 2. The van der Waals surface area contributed by atoms with Gasteiger partial charge in [0.15, 0.2) is 0 Å². The molecule has 0 radical (unpaired) electrons. The van der Waals surface area contributed by atoms with Crippen molar-refractivity contribution in [2.45, 2.75) is 18.7 Å². The van der Waals surface area contributed by atoms with Crippen LogP contribution in [0.1, 0.15) is 21.5 Å². The first-order valence-corrected chi connectivity index (χ1v) is 10.0. The number of esters is 2. The van der Waals surface area contributed by atoms with Crippen LogP contribution in [-0.2, 0) is 24.3 Å². The van der Waals surface area contributed by atoms with Gasteiger partial charge in [0, 0.05) is 11.6 Å². The van der Waals surface area contributed by atoms with Crippen molar-refractivity contribution >= 4 is 33.3 Å². The van der Waals surface area contributed by atoms with E-state index in [1.165, 1.54) is 44.4 Å². The molecule has 11 heteroatoms. The predicted molar refractivity (Wildman–Crippen MR) is 107 cm³/mol. The molecule has 2 rings (SSSR count). The molecule has 0 heterocycles. The van der Waals surface area contributed by atoms with E-state index in [0.29, 0.717) is 5.56 Å². The van der Waals surface area contributed by atoms with Crippen molar-refractivity contribution in [3.05, 3.63) is 63.2 Å². The van der Waals surface area contributed by atoms with E-state index in [2.05, 4.69) is 9.47 Å². The molecule has 0 aliphatic carbocycles. The van der Waals surface area contributed by atoms with Gasteiger partial charge in [-0.25, -0.2) is 13.2 Å². The second-order valence-electron chi connectivity index (χ2n) is 6.29. The zero-order valence-electron chi connectivity index (χ0n) is 16.7. The highest BCUT2D eigenvalue weighted by molar-refractivity contribution is 7.92. The summed E-state index contributed by atoms with van der Waals surface area (Å²) in [7, 11) is -2.15. The first-order chi connectivity index (χ1) is 14.0. The number of hydrogen-bond donors (Lipinski definition) is 0. The Kier molecular flexibility index (Phi) is 6.77. The molecule has 0 bridgehead atoms. The Morgan fingerprint density at radius 2 is 1.67 bits per heavy atom. The lowest BCUT2D eigenvalue weighted by molar-refractivity contribution is -0.385. The van der Waals surface area contributed by atoms with Gasteiger partial charge in [-0.15, -0.1) is 0 Å². The summed E-state index contributed by atoms with van der Waals surface area (Å²) in [6, 6.07) is 7.66. The van der Waals surface area contributed by atoms with Gasteiger partial charge in [-0.2, -0.15) is 0 Å². The normalized spacial score (nSPS) is 10.9. The Balaban J connectivity index is 2.71. The van der Waals surface area contributed by atoms with Gasteiger partial charge in [0.05, 0.1) is 35.3 Å². The fourth-order valence-corrected chi connectivity index (χ4v) is 4.16. The lowest BCUT2D eigenvalue weighted by Crippen LogP contribution is -2.37. The number of rotatable bonds is 7. The number of anilines is 1. The second kappa shape index (κ2) is 8.91. The van der Waals surface area contributed by atoms with Crippen LogP contribution in [0.5, 0.6) is 0 Å². The molecule has 0 amide bonds. The van der Waals surface area contributed by atoms with Crippen LogP contribution in [0.15, 0.2) is 41.3 Å². The highest BCUT2D eigenvalue weighted by atomic mass is 32.2. The summed E-state index contributed by atoms with van der Waals surface area (Å²) in [5.41, 5.74) is 0.442. The van der Waals surface area contributed by atoms with E-state index in [-0.39, 0.29) is 27.4 Å². The Morgan fingerprint density at radius 1 is 1.03 bits per heavy atom. The molecule has 0 saturated carbocycles. The lowest BCUT2D eigenvalue weighted by atomic mass is 10.1. The van der Waals surface area contributed by atoms with Gasteiger partial charge in [-0.1, -0.05) is 12.1 Å². The highest BCUT2D eigenvalue weighted by Crippen LogP contribution is 2.30. The molecule has 30 heavy (non-hydrogen) atoms. The molecule has 160 valence electrons. The average Bonchev–Trinajstić information content (AvgIpc) is 2.71. The van der Waals surface area contributed by atoms with E-state index >= 15 is 0 Å². The zero-order chi connectivity index (χ0) is 22.6. The molecular weight excluding hydrogens is 416 g/mol. The number of hydrogen-bond acceptors (Lipinski definition) is 8. The molecular formula is C19H20N2O8S. The maximum absolute atomic E-state index is 13.4. The molecule has 0 aliphatic rings. The van der Waals surface area contributed by atoms with Crippen molar-refractivity contribution in [2.24, 2.45) is 0 Å². The molecule has 0 N–H and O–H groups in total. The largest absolute Gasteiger partial charge is 0.468 e.